The van der Waals surface area contributed by atoms with E-state index in [9.17, 15) is 0 Å². The Kier molecular flexibility index (Phi) is 3.60. The molecule has 4 heteroatoms. The molecule has 21 heavy (non-hydrogen) atoms. The lowest BCUT2D eigenvalue weighted by atomic mass is 10.1. The van der Waals surface area contributed by atoms with E-state index in [1.165, 1.54) is 5.56 Å². The third-order valence-corrected chi connectivity index (χ3v) is 3.75. The third-order valence-electron chi connectivity index (χ3n) is 3.54. The molecule has 3 nitrogen and oxygen atoms in total. The molecule has 1 atom stereocenters. The molecule has 0 spiro atoms. The van der Waals surface area contributed by atoms with Gasteiger partial charge in [-0.05, 0) is 49.7 Å². The number of nitrogens with zero attached hydrogens (tertiary/aromatic N) is 2. The van der Waals surface area contributed by atoms with Gasteiger partial charge in [0.25, 0.3) is 0 Å². The fourth-order valence-corrected chi connectivity index (χ4v) is 2.72. The molecule has 2 heterocycles. The maximum Gasteiger partial charge on any atom is 0.137 e. The Morgan fingerprint density at radius 2 is 1.86 bits per heavy atom. The van der Waals surface area contributed by atoms with Gasteiger partial charge in [0.1, 0.15) is 11.4 Å². The first-order valence-electron chi connectivity index (χ1n) is 6.87. The number of hydrogen-bond donors (Lipinski definition) is 0. The summed E-state index contributed by atoms with van der Waals surface area (Å²) >= 11 is 6.40. The van der Waals surface area contributed by atoms with Crippen molar-refractivity contribution < 1.29 is 4.74 Å². The van der Waals surface area contributed by atoms with Crippen molar-refractivity contribution in [3.63, 3.8) is 0 Å². The van der Waals surface area contributed by atoms with Crippen molar-refractivity contribution in [1.29, 1.82) is 0 Å². The van der Waals surface area contributed by atoms with E-state index < -0.39 is 0 Å². The monoisotopic (exact) mass is 300 g/mol. The van der Waals surface area contributed by atoms with E-state index in [0.717, 1.165) is 28.3 Å². The molecule has 0 fully saturated rings. The summed E-state index contributed by atoms with van der Waals surface area (Å²) in [7, 11) is 1.66. The van der Waals surface area contributed by atoms with Crippen LogP contribution in [0.2, 0.25) is 0 Å². The van der Waals surface area contributed by atoms with Crippen LogP contribution in [0.15, 0.2) is 42.6 Å². The first-order chi connectivity index (χ1) is 10.1. The molecule has 0 N–H and O–H groups in total. The van der Waals surface area contributed by atoms with Crippen LogP contribution in [0.1, 0.15) is 23.6 Å². The van der Waals surface area contributed by atoms with E-state index in [2.05, 4.69) is 23.6 Å². The number of aryl methyl sites for hydroxylation is 1. The molecule has 3 aromatic rings. The summed E-state index contributed by atoms with van der Waals surface area (Å²) in [5, 5.41) is -0.126. The Morgan fingerprint density at radius 3 is 2.48 bits per heavy atom. The molecule has 0 aliphatic rings. The van der Waals surface area contributed by atoms with Gasteiger partial charge < -0.3 is 9.14 Å². The van der Waals surface area contributed by atoms with E-state index in [1.807, 2.05) is 37.3 Å². The summed E-state index contributed by atoms with van der Waals surface area (Å²) in [6, 6.07) is 12.0. The fraction of sp³-hybridized carbons (Fsp3) is 0.235. The topological polar surface area (TPSA) is 26.5 Å². The molecule has 0 saturated heterocycles. The summed E-state index contributed by atoms with van der Waals surface area (Å²) < 4.78 is 7.28. The molecule has 1 unspecified atom stereocenters. The number of rotatable bonds is 3. The number of hydrogen-bond acceptors (Lipinski definition) is 2. The minimum absolute atomic E-state index is 0.126. The molecule has 0 amide bonds. The van der Waals surface area contributed by atoms with Crippen LogP contribution in [0.25, 0.3) is 16.9 Å². The molecule has 2 aromatic heterocycles. The third kappa shape index (κ3) is 2.49. The van der Waals surface area contributed by atoms with Gasteiger partial charge in [-0.15, -0.1) is 11.6 Å². The number of ether oxygens (including phenoxy) is 1. The van der Waals surface area contributed by atoms with E-state index in [-0.39, 0.29) is 5.38 Å². The average Bonchev–Trinajstić information content (AvgIpc) is 2.86. The predicted molar refractivity (Wildman–Crippen MR) is 86.2 cm³/mol. The number of alkyl halides is 1. The van der Waals surface area contributed by atoms with Gasteiger partial charge >= 0.3 is 0 Å². The lowest BCUT2D eigenvalue weighted by molar-refractivity contribution is 0.415. The van der Waals surface area contributed by atoms with E-state index in [0.29, 0.717) is 0 Å². The Morgan fingerprint density at radius 1 is 1.14 bits per heavy atom. The lowest BCUT2D eigenvalue weighted by Gasteiger charge is -2.08. The maximum atomic E-state index is 6.40. The second-order valence-corrected chi connectivity index (χ2v) is 5.78. The van der Waals surface area contributed by atoms with Gasteiger partial charge in [-0.3, -0.25) is 0 Å². The molecule has 108 valence electrons. The Balaban J connectivity index is 2.23. The van der Waals surface area contributed by atoms with E-state index in [4.69, 9.17) is 21.3 Å². The van der Waals surface area contributed by atoms with E-state index in [1.54, 1.807) is 7.11 Å². The number of imidazole rings is 1. The maximum absolute atomic E-state index is 6.40. The van der Waals surface area contributed by atoms with Gasteiger partial charge in [0.15, 0.2) is 0 Å². The van der Waals surface area contributed by atoms with Crippen molar-refractivity contribution >= 4 is 17.2 Å². The molecule has 0 aliphatic carbocycles. The number of halogens is 1. The zero-order valence-corrected chi connectivity index (χ0v) is 13.1. The summed E-state index contributed by atoms with van der Waals surface area (Å²) in [6.07, 6.45) is 2.07. The first kappa shape index (κ1) is 14.0. The van der Waals surface area contributed by atoms with Crippen molar-refractivity contribution in [3.05, 3.63) is 53.9 Å². The highest BCUT2D eigenvalue weighted by Crippen LogP contribution is 2.32. The van der Waals surface area contributed by atoms with Crippen LogP contribution in [0.4, 0.5) is 0 Å². The normalized spacial score (nSPS) is 12.6. The second-order valence-electron chi connectivity index (χ2n) is 5.12. The lowest BCUT2D eigenvalue weighted by Crippen LogP contribution is -1.96. The number of methoxy groups -OCH3 is 1. The van der Waals surface area contributed by atoms with Gasteiger partial charge in [0.05, 0.1) is 23.9 Å². The smallest absolute Gasteiger partial charge is 0.137 e. The quantitative estimate of drug-likeness (QED) is 0.660. The zero-order valence-electron chi connectivity index (χ0n) is 12.3. The largest absolute Gasteiger partial charge is 0.497 e. The van der Waals surface area contributed by atoms with Gasteiger partial charge in [0, 0.05) is 11.8 Å². The van der Waals surface area contributed by atoms with Crippen molar-refractivity contribution in [3.8, 4) is 17.0 Å². The van der Waals surface area contributed by atoms with Crippen molar-refractivity contribution in [2.24, 2.45) is 0 Å². The van der Waals surface area contributed by atoms with Gasteiger partial charge in [0.2, 0.25) is 0 Å². The van der Waals surface area contributed by atoms with Crippen LogP contribution in [0.5, 0.6) is 5.75 Å². The first-order valence-corrected chi connectivity index (χ1v) is 7.31. The van der Waals surface area contributed by atoms with Crippen LogP contribution in [0, 0.1) is 6.92 Å². The molecule has 0 radical (unpaired) electrons. The summed E-state index contributed by atoms with van der Waals surface area (Å²) in [5.41, 5.74) is 5.07. The Bertz CT molecular complexity index is 775. The molecule has 3 rings (SSSR count). The molecular weight excluding hydrogens is 284 g/mol. The Hall–Kier alpha value is -2.00. The number of pyridine rings is 1. The van der Waals surface area contributed by atoms with Crippen LogP contribution in [0.3, 0.4) is 0 Å². The van der Waals surface area contributed by atoms with Crippen LogP contribution in [-0.4, -0.2) is 16.5 Å². The highest BCUT2D eigenvalue weighted by Gasteiger charge is 2.18. The predicted octanol–water partition coefficient (Wildman–Crippen LogP) is 4.62. The van der Waals surface area contributed by atoms with Crippen molar-refractivity contribution in [2.45, 2.75) is 19.2 Å². The molecule has 1 aromatic carbocycles. The van der Waals surface area contributed by atoms with Gasteiger partial charge in [-0.25, -0.2) is 4.98 Å². The summed E-state index contributed by atoms with van der Waals surface area (Å²) in [4.78, 5) is 4.74. The summed E-state index contributed by atoms with van der Waals surface area (Å²) in [5.74, 6) is 0.832. The van der Waals surface area contributed by atoms with Crippen molar-refractivity contribution in [2.75, 3.05) is 7.11 Å². The van der Waals surface area contributed by atoms with Crippen molar-refractivity contribution in [1.82, 2.24) is 9.38 Å². The molecule has 0 saturated carbocycles. The highest BCUT2D eigenvalue weighted by atomic mass is 35.5. The standard InChI is InChI=1S/C17H17ClN2O/c1-11-4-9-15-19-16(17(12(2)18)20(15)10-11)13-5-7-14(21-3)8-6-13/h4-10,12H,1-3H3. The fourth-order valence-electron chi connectivity index (χ4n) is 2.51. The molecule has 0 aliphatic heterocycles. The Labute approximate surface area is 129 Å². The average molecular weight is 301 g/mol. The molecule has 0 bridgehead atoms. The SMILES string of the molecule is COc1ccc(-c2nc3ccc(C)cn3c2C(C)Cl)cc1. The second kappa shape index (κ2) is 5.41. The van der Waals surface area contributed by atoms with E-state index >= 15 is 0 Å². The number of fused-ring (bicyclic) bond motifs is 1. The minimum atomic E-state index is -0.126. The van der Waals surface area contributed by atoms with Crippen LogP contribution < -0.4 is 4.74 Å². The summed E-state index contributed by atoms with van der Waals surface area (Å²) in [6.45, 7) is 4.04. The van der Waals surface area contributed by atoms with Crippen LogP contribution in [-0.2, 0) is 0 Å². The van der Waals surface area contributed by atoms with Gasteiger partial charge in [-0.1, -0.05) is 6.07 Å². The number of benzene rings is 1. The highest BCUT2D eigenvalue weighted by molar-refractivity contribution is 6.20. The minimum Gasteiger partial charge on any atom is -0.497 e. The van der Waals surface area contributed by atoms with Gasteiger partial charge in [-0.2, -0.15) is 0 Å². The zero-order chi connectivity index (χ0) is 15.0. The number of aromatic nitrogens is 2. The van der Waals surface area contributed by atoms with Crippen LogP contribution >= 0.6 is 11.6 Å². The molecular formula is C17H17ClN2O.